The average Bonchev–Trinajstić information content (AvgIpc) is 2.18. The van der Waals surface area contributed by atoms with Gasteiger partial charge in [-0.3, -0.25) is 4.79 Å². The second-order valence-corrected chi connectivity index (χ2v) is 4.51. The van der Waals surface area contributed by atoms with E-state index in [2.05, 4.69) is 21.2 Å². The molecule has 0 radical (unpaired) electrons. The van der Waals surface area contributed by atoms with Crippen molar-refractivity contribution in [3.8, 4) is 0 Å². The topological polar surface area (TPSA) is 49.3 Å². The summed E-state index contributed by atoms with van der Waals surface area (Å²) < 4.78 is 0.786. The first-order valence-corrected chi connectivity index (χ1v) is 5.59. The molecule has 0 aliphatic carbocycles. The van der Waals surface area contributed by atoms with Crippen molar-refractivity contribution in [2.45, 2.75) is 13.0 Å². The van der Waals surface area contributed by atoms with Crippen molar-refractivity contribution in [3.63, 3.8) is 0 Å². The van der Waals surface area contributed by atoms with Crippen molar-refractivity contribution in [2.24, 2.45) is 0 Å². The molecule has 0 fully saturated rings. The van der Waals surface area contributed by atoms with E-state index in [4.69, 9.17) is 16.7 Å². The van der Waals surface area contributed by atoms with Crippen LogP contribution in [0.15, 0.2) is 22.7 Å². The fourth-order valence-corrected chi connectivity index (χ4v) is 1.57. The van der Waals surface area contributed by atoms with Gasteiger partial charge in [0.2, 0.25) is 0 Å². The van der Waals surface area contributed by atoms with Crippen molar-refractivity contribution < 1.29 is 9.90 Å². The molecule has 1 rings (SSSR count). The lowest BCUT2D eigenvalue weighted by Crippen LogP contribution is -2.30. The molecule has 0 heterocycles. The van der Waals surface area contributed by atoms with E-state index in [1.54, 1.807) is 25.1 Å². The number of rotatable bonds is 3. The molecule has 1 atom stereocenters. The Hall–Kier alpha value is -0.580. The van der Waals surface area contributed by atoms with Gasteiger partial charge < -0.3 is 10.4 Å². The number of amides is 1. The zero-order chi connectivity index (χ0) is 11.4. The number of hydrogen-bond acceptors (Lipinski definition) is 2. The van der Waals surface area contributed by atoms with Crippen LogP contribution >= 0.6 is 27.5 Å². The molecule has 82 valence electrons. The quantitative estimate of drug-likeness (QED) is 0.897. The molecule has 5 heteroatoms. The summed E-state index contributed by atoms with van der Waals surface area (Å²) in [6.07, 6.45) is -0.570. The largest absolute Gasteiger partial charge is 0.392 e. The third-order valence-corrected chi connectivity index (χ3v) is 2.55. The van der Waals surface area contributed by atoms with Crippen LogP contribution < -0.4 is 5.32 Å². The predicted molar refractivity (Wildman–Crippen MR) is 63.2 cm³/mol. The number of carbonyl (C=O) groups excluding carboxylic acids is 1. The number of aliphatic hydroxyl groups excluding tert-OH is 1. The van der Waals surface area contributed by atoms with Crippen LogP contribution in [-0.4, -0.2) is 23.7 Å². The van der Waals surface area contributed by atoms with E-state index in [9.17, 15) is 4.79 Å². The van der Waals surface area contributed by atoms with Crippen molar-refractivity contribution in [3.05, 3.63) is 33.3 Å². The number of hydrogen-bond donors (Lipinski definition) is 2. The van der Waals surface area contributed by atoms with Crippen LogP contribution in [-0.2, 0) is 0 Å². The molecule has 15 heavy (non-hydrogen) atoms. The van der Waals surface area contributed by atoms with E-state index in [-0.39, 0.29) is 12.5 Å². The third kappa shape index (κ3) is 3.81. The maximum Gasteiger partial charge on any atom is 0.252 e. The molecular formula is C10H11BrClNO2. The van der Waals surface area contributed by atoms with E-state index < -0.39 is 6.10 Å². The fourth-order valence-electron chi connectivity index (χ4n) is 1.01. The van der Waals surface area contributed by atoms with Gasteiger partial charge in [0.1, 0.15) is 0 Å². The molecule has 1 aromatic carbocycles. The molecule has 0 spiro atoms. The van der Waals surface area contributed by atoms with Crippen molar-refractivity contribution in [2.75, 3.05) is 6.54 Å². The second-order valence-electron chi connectivity index (χ2n) is 3.18. The Labute approximate surface area is 102 Å². The zero-order valence-electron chi connectivity index (χ0n) is 8.13. The first kappa shape index (κ1) is 12.5. The van der Waals surface area contributed by atoms with Gasteiger partial charge in [-0.25, -0.2) is 0 Å². The smallest absolute Gasteiger partial charge is 0.252 e. The second kappa shape index (κ2) is 5.49. The van der Waals surface area contributed by atoms with Crippen LogP contribution in [0.1, 0.15) is 17.3 Å². The highest BCUT2D eigenvalue weighted by molar-refractivity contribution is 9.10. The van der Waals surface area contributed by atoms with Crippen LogP contribution in [0.5, 0.6) is 0 Å². The molecule has 2 N–H and O–H groups in total. The summed E-state index contributed by atoms with van der Waals surface area (Å²) in [5, 5.41) is 12.0. The Morgan fingerprint density at radius 2 is 2.33 bits per heavy atom. The minimum atomic E-state index is -0.570. The summed E-state index contributed by atoms with van der Waals surface area (Å²) in [7, 11) is 0. The highest BCUT2D eigenvalue weighted by atomic mass is 79.9. The Morgan fingerprint density at radius 1 is 1.67 bits per heavy atom. The molecule has 0 aliphatic rings. The lowest BCUT2D eigenvalue weighted by atomic mass is 10.2. The zero-order valence-corrected chi connectivity index (χ0v) is 10.5. The number of nitrogens with one attached hydrogen (secondary N) is 1. The van der Waals surface area contributed by atoms with Crippen LogP contribution in [0.2, 0.25) is 5.02 Å². The van der Waals surface area contributed by atoms with E-state index in [1.165, 1.54) is 0 Å². The maximum absolute atomic E-state index is 11.6. The summed E-state index contributed by atoms with van der Waals surface area (Å²) in [5.74, 6) is -0.290. The van der Waals surface area contributed by atoms with E-state index in [0.717, 1.165) is 4.47 Å². The SMILES string of the molecule is C[C@H](O)CNC(=O)c1cc(Br)ccc1Cl. The summed E-state index contributed by atoms with van der Waals surface area (Å²) in [5.41, 5.74) is 0.395. The van der Waals surface area contributed by atoms with E-state index >= 15 is 0 Å². The molecule has 1 aromatic rings. The predicted octanol–water partition coefficient (Wildman–Crippen LogP) is 2.21. The first-order valence-electron chi connectivity index (χ1n) is 4.42. The van der Waals surface area contributed by atoms with Crippen molar-refractivity contribution in [1.82, 2.24) is 5.32 Å². The molecule has 0 aliphatic heterocycles. The highest BCUT2D eigenvalue weighted by Gasteiger charge is 2.10. The molecule has 0 unspecified atom stereocenters. The van der Waals surface area contributed by atoms with Crippen LogP contribution in [0.25, 0.3) is 0 Å². The lowest BCUT2D eigenvalue weighted by Gasteiger charge is -2.08. The number of aliphatic hydroxyl groups is 1. The van der Waals surface area contributed by atoms with E-state index in [1.807, 2.05) is 0 Å². The number of halogens is 2. The Balaban J connectivity index is 2.77. The van der Waals surface area contributed by atoms with Gasteiger partial charge in [-0.1, -0.05) is 27.5 Å². The van der Waals surface area contributed by atoms with Crippen molar-refractivity contribution in [1.29, 1.82) is 0 Å². The Bertz CT molecular complexity index is 368. The van der Waals surface area contributed by atoms with Crippen molar-refractivity contribution >= 4 is 33.4 Å². The lowest BCUT2D eigenvalue weighted by molar-refractivity contribution is 0.0924. The molecule has 3 nitrogen and oxygen atoms in total. The standard InChI is InChI=1S/C10H11BrClNO2/c1-6(14)5-13-10(15)8-4-7(11)2-3-9(8)12/h2-4,6,14H,5H2,1H3,(H,13,15)/t6-/m0/s1. The molecule has 0 bridgehead atoms. The molecule has 0 aromatic heterocycles. The van der Waals surface area contributed by atoms with Gasteiger partial charge in [0.05, 0.1) is 16.7 Å². The average molecular weight is 293 g/mol. The summed E-state index contributed by atoms with van der Waals surface area (Å²) in [6.45, 7) is 1.81. The van der Waals surface area contributed by atoms with Gasteiger partial charge in [-0.2, -0.15) is 0 Å². The van der Waals surface area contributed by atoms with Crippen LogP contribution in [0.4, 0.5) is 0 Å². The molecule has 1 amide bonds. The molecule has 0 saturated carbocycles. The van der Waals surface area contributed by atoms with E-state index in [0.29, 0.717) is 10.6 Å². The van der Waals surface area contributed by atoms with Crippen LogP contribution in [0, 0.1) is 0 Å². The summed E-state index contributed by atoms with van der Waals surface area (Å²) in [4.78, 5) is 11.6. The Kier molecular flexibility index (Phi) is 4.57. The Morgan fingerprint density at radius 3 is 2.93 bits per heavy atom. The van der Waals surface area contributed by atoms with Gasteiger partial charge in [-0.05, 0) is 25.1 Å². The molecular weight excluding hydrogens is 281 g/mol. The minimum Gasteiger partial charge on any atom is -0.392 e. The van der Waals surface area contributed by atoms with Gasteiger partial charge >= 0.3 is 0 Å². The summed E-state index contributed by atoms with van der Waals surface area (Å²) in [6, 6.07) is 5.04. The van der Waals surface area contributed by atoms with Gasteiger partial charge in [0, 0.05) is 11.0 Å². The minimum absolute atomic E-state index is 0.210. The van der Waals surface area contributed by atoms with Gasteiger partial charge in [-0.15, -0.1) is 0 Å². The third-order valence-electron chi connectivity index (χ3n) is 1.73. The van der Waals surface area contributed by atoms with Gasteiger partial charge in [0.25, 0.3) is 5.91 Å². The normalized spacial score (nSPS) is 12.3. The monoisotopic (exact) mass is 291 g/mol. The number of carbonyl (C=O) groups is 1. The molecule has 0 saturated heterocycles. The fraction of sp³-hybridized carbons (Fsp3) is 0.300. The van der Waals surface area contributed by atoms with Gasteiger partial charge in [0.15, 0.2) is 0 Å². The maximum atomic E-state index is 11.6. The number of benzene rings is 1. The van der Waals surface area contributed by atoms with Crippen LogP contribution in [0.3, 0.4) is 0 Å². The highest BCUT2D eigenvalue weighted by Crippen LogP contribution is 2.20. The first-order chi connectivity index (χ1) is 7.00. The summed E-state index contributed by atoms with van der Waals surface area (Å²) >= 11 is 9.12.